The van der Waals surface area contributed by atoms with E-state index in [-0.39, 0.29) is 35.9 Å². The van der Waals surface area contributed by atoms with Crippen molar-refractivity contribution in [1.82, 2.24) is 9.62 Å². The van der Waals surface area contributed by atoms with Crippen molar-refractivity contribution in [2.75, 3.05) is 26.3 Å². The Kier molecular flexibility index (Phi) is 5.59. The number of hydrogen-bond acceptors (Lipinski definition) is 5. The molecule has 1 aromatic heterocycles. The smallest absolute Gasteiger partial charge is 0.287 e. The lowest BCUT2D eigenvalue weighted by atomic mass is 10.1. The van der Waals surface area contributed by atoms with E-state index in [4.69, 9.17) is 9.15 Å². The summed E-state index contributed by atoms with van der Waals surface area (Å²) < 4.78 is 52.1. The Morgan fingerprint density at radius 1 is 1.13 bits per heavy atom. The molecule has 1 saturated heterocycles. The summed E-state index contributed by atoms with van der Waals surface area (Å²) in [5.41, 5.74) is 1.00. The molecule has 0 saturated carbocycles. The summed E-state index contributed by atoms with van der Waals surface area (Å²) in [6, 6.07) is 11.0. The highest BCUT2D eigenvalue weighted by Crippen LogP contribution is 2.27. The van der Waals surface area contributed by atoms with Crippen molar-refractivity contribution in [3.63, 3.8) is 0 Å². The number of carbonyl (C=O) groups excluding carboxylic acids is 1. The Hall–Kier alpha value is -2.75. The van der Waals surface area contributed by atoms with Gasteiger partial charge >= 0.3 is 0 Å². The number of hydrogen-bond donors (Lipinski definition) is 1. The summed E-state index contributed by atoms with van der Waals surface area (Å²) >= 11 is 0. The van der Waals surface area contributed by atoms with Gasteiger partial charge in [-0.25, -0.2) is 12.8 Å². The van der Waals surface area contributed by atoms with Crippen LogP contribution >= 0.6 is 0 Å². The molecule has 3 aromatic rings. The van der Waals surface area contributed by atoms with Crippen LogP contribution in [0.4, 0.5) is 4.39 Å². The minimum absolute atomic E-state index is 0.00335. The summed E-state index contributed by atoms with van der Waals surface area (Å²) in [5.74, 6) is -1.08. The van der Waals surface area contributed by atoms with E-state index in [1.165, 1.54) is 16.4 Å². The van der Waals surface area contributed by atoms with Crippen LogP contribution in [0, 0.1) is 12.7 Å². The van der Waals surface area contributed by atoms with E-state index in [9.17, 15) is 17.6 Å². The number of ether oxygens (including phenoxy) is 1. The zero-order chi connectivity index (χ0) is 21.3. The summed E-state index contributed by atoms with van der Waals surface area (Å²) in [6.07, 6.45) is 0. The van der Waals surface area contributed by atoms with Gasteiger partial charge in [-0.1, -0.05) is 30.3 Å². The van der Waals surface area contributed by atoms with Crippen LogP contribution in [0.3, 0.4) is 0 Å². The number of para-hydroxylation sites is 1. The van der Waals surface area contributed by atoms with Crippen LogP contribution in [-0.4, -0.2) is 44.9 Å². The van der Waals surface area contributed by atoms with Crippen LogP contribution < -0.4 is 5.32 Å². The third-order valence-corrected chi connectivity index (χ3v) is 7.12. The zero-order valence-corrected chi connectivity index (χ0v) is 17.2. The van der Waals surface area contributed by atoms with Gasteiger partial charge in [-0.3, -0.25) is 4.79 Å². The quantitative estimate of drug-likeness (QED) is 0.670. The number of nitrogens with one attached hydrogen (secondary N) is 1. The topological polar surface area (TPSA) is 88.9 Å². The maximum Gasteiger partial charge on any atom is 0.287 e. The van der Waals surface area contributed by atoms with Crippen LogP contribution in [0.2, 0.25) is 0 Å². The number of benzene rings is 2. The van der Waals surface area contributed by atoms with Crippen LogP contribution in [0.1, 0.15) is 21.7 Å². The van der Waals surface area contributed by atoms with Gasteiger partial charge in [0.15, 0.2) is 17.2 Å². The number of halogens is 1. The second-order valence-electron chi connectivity index (χ2n) is 6.98. The molecule has 0 spiro atoms. The van der Waals surface area contributed by atoms with Crippen molar-refractivity contribution in [3.05, 3.63) is 65.2 Å². The Labute approximate surface area is 173 Å². The lowest BCUT2D eigenvalue weighted by molar-refractivity contribution is 0.0730. The highest BCUT2D eigenvalue weighted by atomic mass is 32.2. The molecular weight excluding hydrogens is 411 g/mol. The molecule has 1 fully saturated rings. The zero-order valence-electron chi connectivity index (χ0n) is 16.4. The first-order chi connectivity index (χ1) is 14.4. The summed E-state index contributed by atoms with van der Waals surface area (Å²) in [7, 11) is -3.71. The summed E-state index contributed by atoms with van der Waals surface area (Å²) in [5, 5.41) is 3.21. The number of carbonyl (C=O) groups is 1. The lowest BCUT2D eigenvalue weighted by Crippen LogP contribution is -2.41. The van der Waals surface area contributed by atoms with Gasteiger partial charge in [0.05, 0.1) is 18.1 Å². The number of nitrogens with zero attached hydrogens (tertiary/aromatic N) is 1. The second-order valence-corrected chi connectivity index (χ2v) is 8.89. The Morgan fingerprint density at radius 3 is 2.60 bits per heavy atom. The van der Waals surface area contributed by atoms with E-state index in [2.05, 4.69) is 5.32 Å². The second kappa shape index (κ2) is 8.17. The number of fused-ring (bicyclic) bond motifs is 1. The fourth-order valence-corrected chi connectivity index (χ4v) is 5.14. The molecule has 0 aliphatic carbocycles. The minimum Gasteiger partial charge on any atom is -0.448 e. The molecule has 0 atom stereocenters. The predicted octanol–water partition coefficient (Wildman–Crippen LogP) is 2.83. The number of furan rings is 1. The molecule has 0 radical (unpaired) electrons. The summed E-state index contributed by atoms with van der Waals surface area (Å²) in [4.78, 5) is 12.8. The lowest BCUT2D eigenvalue weighted by Gasteiger charge is -2.27. The van der Waals surface area contributed by atoms with E-state index in [1.54, 1.807) is 37.3 Å². The van der Waals surface area contributed by atoms with E-state index < -0.39 is 21.7 Å². The standard InChI is InChI=1S/C21H21FN2O5S/c1-14-16-6-4-7-17(22)20(16)29-19(14)21(25)23-13-15-5-2-3-8-18(15)30(26,27)24-9-11-28-12-10-24/h2-8H,9-13H2,1H3,(H,23,25). The van der Waals surface area contributed by atoms with E-state index in [0.717, 1.165) is 0 Å². The number of rotatable bonds is 5. The molecule has 1 N–H and O–H groups in total. The molecule has 9 heteroatoms. The third-order valence-electron chi connectivity index (χ3n) is 5.12. The number of sulfonamides is 1. The molecule has 7 nitrogen and oxygen atoms in total. The molecule has 4 rings (SSSR count). The van der Waals surface area contributed by atoms with Crippen molar-refractivity contribution in [3.8, 4) is 0 Å². The molecule has 1 aliphatic rings. The van der Waals surface area contributed by atoms with Gasteiger partial charge in [-0.15, -0.1) is 0 Å². The molecule has 158 valence electrons. The monoisotopic (exact) mass is 432 g/mol. The number of amides is 1. The average molecular weight is 432 g/mol. The Balaban J connectivity index is 1.57. The van der Waals surface area contributed by atoms with Crippen LogP contribution in [0.15, 0.2) is 51.8 Å². The van der Waals surface area contributed by atoms with Crippen molar-refractivity contribution in [2.45, 2.75) is 18.4 Å². The van der Waals surface area contributed by atoms with Gasteiger partial charge in [-0.05, 0) is 24.6 Å². The fourth-order valence-electron chi connectivity index (χ4n) is 3.51. The normalized spacial score (nSPS) is 15.4. The molecule has 0 unspecified atom stereocenters. The Morgan fingerprint density at radius 2 is 1.87 bits per heavy atom. The molecule has 30 heavy (non-hydrogen) atoms. The van der Waals surface area contributed by atoms with Crippen molar-refractivity contribution >= 4 is 26.9 Å². The fraction of sp³-hybridized carbons (Fsp3) is 0.286. The Bertz CT molecular complexity index is 1200. The number of morpholine rings is 1. The average Bonchev–Trinajstić information content (AvgIpc) is 3.11. The van der Waals surface area contributed by atoms with Gasteiger partial charge in [-0.2, -0.15) is 4.31 Å². The first-order valence-corrected chi connectivity index (χ1v) is 10.9. The highest BCUT2D eigenvalue weighted by Gasteiger charge is 2.28. The maximum absolute atomic E-state index is 13.9. The largest absolute Gasteiger partial charge is 0.448 e. The third kappa shape index (κ3) is 3.71. The predicted molar refractivity (Wildman–Crippen MR) is 108 cm³/mol. The molecule has 2 aromatic carbocycles. The van der Waals surface area contributed by atoms with E-state index in [1.807, 2.05) is 0 Å². The van der Waals surface area contributed by atoms with Crippen LogP contribution in [-0.2, 0) is 21.3 Å². The van der Waals surface area contributed by atoms with Crippen LogP contribution in [0.25, 0.3) is 11.0 Å². The van der Waals surface area contributed by atoms with Crippen molar-refractivity contribution in [1.29, 1.82) is 0 Å². The summed E-state index contributed by atoms with van der Waals surface area (Å²) in [6.45, 7) is 2.92. The molecule has 0 bridgehead atoms. The SMILES string of the molecule is Cc1c(C(=O)NCc2ccccc2S(=O)(=O)N2CCOCC2)oc2c(F)cccc12. The van der Waals surface area contributed by atoms with Crippen LogP contribution in [0.5, 0.6) is 0 Å². The molecular formula is C21H21FN2O5S. The molecule has 1 aliphatic heterocycles. The van der Waals surface area contributed by atoms with Gasteiger partial charge in [0.2, 0.25) is 10.0 Å². The van der Waals surface area contributed by atoms with Crippen molar-refractivity contribution in [2.24, 2.45) is 0 Å². The number of aryl methyl sites for hydroxylation is 1. The molecule has 2 heterocycles. The highest BCUT2D eigenvalue weighted by molar-refractivity contribution is 7.89. The van der Waals surface area contributed by atoms with Gasteiger partial charge in [0.1, 0.15) is 0 Å². The van der Waals surface area contributed by atoms with Gasteiger partial charge in [0.25, 0.3) is 5.91 Å². The minimum atomic E-state index is -3.71. The van der Waals surface area contributed by atoms with Gasteiger partial charge < -0.3 is 14.5 Å². The first-order valence-electron chi connectivity index (χ1n) is 9.51. The van der Waals surface area contributed by atoms with Crippen molar-refractivity contribution < 1.29 is 26.8 Å². The van der Waals surface area contributed by atoms with E-state index >= 15 is 0 Å². The van der Waals surface area contributed by atoms with Gasteiger partial charge in [0, 0.05) is 30.6 Å². The first kappa shape index (κ1) is 20.5. The maximum atomic E-state index is 13.9. The van der Waals surface area contributed by atoms with E-state index in [0.29, 0.717) is 29.7 Å². The molecule has 1 amide bonds.